The zero-order chi connectivity index (χ0) is 19.2. The highest BCUT2D eigenvalue weighted by Gasteiger charge is 2.35. The van der Waals surface area contributed by atoms with Crippen molar-refractivity contribution in [3.05, 3.63) is 76.4 Å². The van der Waals surface area contributed by atoms with Crippen LogP contribution in [0.4, 0.5) is 13.2 Å². The summed E-state index contributed by atoms with van der Waals surface area (Å²) in [4.78, 5) is 4.53. The van der Waals surface area contributed by atoms with Gasteiger partial charge in [0.1, 0.15) is 0 Å². The van der Waals surface area contributed by atoms with E-state index < -0.39 is 11.7 Å². The molecule has 2 heterocycles. The lowest BCUT2D eigenvalue weighted by Crippen LogP contribution is -2.08. The summed E-state index contributed by atoms with van der Waals surface area (Å²) in [5.74, 6) is 0. The number of pyridine rings is 1. The third kappa shape index (κ3) is 3.23. The lowest BCUT2D eigenvalue weighted by molar-refractivity contribution is -0.136. The summed E-state index contributed by atoms with van der Waals surface area (Å²) in [6, 6.07) is 17.1. The second-order valence-corrected chi connectivity index (χ2v) is 7.01. The zero-order valence-electron chi connectivity index (χ0n) is 14.1. The molecule has 0 aliphatic heterocycles. The summed E-state index contributed by atoms with van der Waals surface area (Å²) in [5, 5.41) is 4.36. The van der Waals surface area contributed by atoms with Crippen LogP contribution in [0.1, 0.15) is 11.3 Å². The standard InChI is InChI=1S/C20H13BrF3N3/c1-12-18-16(20(22,23)24)11-17(13-5-3-2-4-6-13)25-19(18)27(26-12)15-9-7-14(21)8-10-15/h2-11H,1H3. The van der Waals surface area contributed by atoms with Gasteiger partial charge in [-0.25, -0.2) is 9.67 Å². The summed E-state index contributed by atoms with van der Waals surface area (Å²) in [7, 11) is 0. The number of rotatable bonds is 2. The van der Waals surface area contributed by atoms with Crippen LogP contribution in [-0.4, -0.2) is 14.8 Å². The zero-order valence-corrected chi connectivity index (χ0v) is 15.7. The van der Waals surface area contributed by atoms with E-state index in [9.17, 15) is 13.2 Å². The van der Waals surface area contributed by atoms with Crippen LogP contribution in [0.5, 0.6) is 0 Å². The molecule has 0 saturated carbocycles. The van der Waals surface area contributed by atoms with Crippen LogP contribution < -0.4 is 0 Å². The number of halogens is 4. The van der Waals surface area contributed by atoms with Crippen LogP contribution in [0.15, 0.2) is 65.1 Å². The van der Waals surface area contributed by atoms with Gasteiger partial charge in [0, 0.05) is 10.0 Å². The number of alkyl halides is 3. The molecule has 0 unspecified atom stereocenters. The molecule has 2 aromatic carbocycles. The van der Waals surface area contributed by atoms with E-state index in [2.05, 4.69) is 26.0 Å². The highest BCUT2D eigenvalue weighted by Crippen LogP contribution is 2.38. The van der Waals surface area contributed by atoms with Gasteiger partial charge < -0.3 is 0 Å². The fourth-order valence-corrected chi connectivity index (χ4v) is 3.30. The Balaban J connectivity index is 2.06. The van der Waals surface area contributed by atoms with Gasteiger partial charge in [-0.05, 0) is 37.3 Å². The molecule has 0 aliphatic rings. The predicted octanol–water partition coefficient (Wildman–Crippen LogP) is 6.18. The third-order valence-corrected chi connectivity index (χ3v) is 4.79. The molecule has 4 rings (SSSR count). The molecule has 0 aliphatic carbocycles. The molecule has 27 heavy (non-hydrogen) atoms. The lowest BCUT2D eigenvalue weighted by atomic mass is 10.1. The SMILES string of the molecule is Cc1nn(-c2ccc(Br)cc2)c2nc(-c3ccccc3)cc(C(F)(F)F)c12. The molecule has 0 saturated heterocycles. The molecule has 0 spiro atoms. The van der Waals surface area contributed by atoms with Crippen molar-refractivity contribution < 1.29 is 13.2 Å². The maximum Gasteiger partial charge on any atom is 0.417 e. The molecular formula is C20H13BrF3N3. The van der Waals surface area contributed by atoms with Crippen LogP contribution in [0.25, 0.3) is 28.0 Å². The van der Waals surface area contributed by atoms with E-state index in [1.54, 1.807) is 43.3 Å². The predicted molar refractivity (Wildman–Crippen MR) is 102 cm³/mol. The Labute approximate surface area is 161 Å². The first kappa shape index (κ1) is 17.7. The molecule has 0 fully saturated rings. The number of nitrogens with zero attached hydrogens (tertiary/aromatic N) is 3. The summed E-state index contributed by atoms with van der Waals surface area (Å²) in [6.45, 7) is 1.57. The Morgan fingerprint density at radius 2 is 1.63 bits per heavy atom. The molecule has 136 valence electrons. The molecule has 4 aromatic rings. The van der Waals surface area contributed by atoms with Gasteiger partial charge >= 0.3 is 6.18 Å². The highest BCUT2D eigenvalue weighted by molar-refractivity contribution is 9.10. The van der Waals surface area contributed by atoms with Crippen LogP contribution in [-0.2, 0) is 6.18 Å². The molecule has 0 radical (unpaired) electrons. The second-order valence-electron chi connectivity index (χ2n) is 6.09. The molecular weight excluding hydrogens is 419 g/mol. The van der Waals surface area contributed by atoms with E-state index in [1.807, 2.05) is 18.2 Å². The van der Waals surface area contributed by atoms with Crippen molar-refractivity contribution >= 4 is 27.0 Å². The number of fused-ring (bicyclic) bond motifs is 1. The third-order valence-electron chi connectivity index (χ3n) is 4.26. The average molecular weight is 432 g/mol. The Hall–Kier alpha value is -2.67. The number of aromatic nitrogens is 3. The first-order chi connectivity index (χ1) is 12.8. The maximum atomic E-state index is 13.8. The smallest absolute Gasteiger partial charge is 0.228 e. The van der Waals surface area contributed by atoms with E-state index >= 15 is 0 Å². The second kappa shape index (κ2) is 6.49. The minimum atomic E-state index is -4.51. The first-order valence-corrected chi connectivity index (χ1v) is 8.93. The monoisotopic (exact) mass is 431 g/mol. The van der Waals surface area contributed by atoms with Crippen molar-refractivity contribution in [2.24, 2.45) is 0 Å². The van der Waals surface area contributed by atoms with Crippen LogP contribution >= 0.6 is 15.9 Å². The number of hydrogen-bond acceptors (Lipinski definition) is 2. The van der Waals surface area contributed by atoms with E-state index in [0.717, 1.165) is 10.5 Å². The van der Waals surface area contributed by atoms with Gasteiger partial charge in [0.05, 0.1) is 28.0 Å². The quantitative estimate of drug-likeness (QED) is 0.379. The Bertz CT molecular complexity index is 1120. The van der Waals surface area contributed by atoms with E-state index in [0.29, 0.717) is 11.3 Å². The van der Waals surface area contributed by atoms with Crippen molar-refractivity contribution in [3.63, 3.8) is 0 Å². The van der Waals surface area contributed by atoms with Crippen LogP contribution in [0, 0.1) is 6.92 Å². The van der Waals surface area contributed by atoms with Gasteiger partial charge in [0.25, 0.3) is 0 Å². The van der Waals surface area contributed by atoms with Gasteiger partial charge in [-0.2, -0.15) is 18.3 Å². The topological polar surface area (TPSA) is 30.7 Å². The maximum absolute atomic E-state index is 13.8. The fourth-order valence-electron chi connectivity index (χ4n) is 3.03. The largest absolute Gasteiger partial charge is 0.417 e. The summed E-state index contributed by atoms with van der Waals surface area (Å²) >= 11 is 3.36. The summed E-state index contributed by atoms with van der Waals surface area (Å²) in [6.07, 6.45) is -4.51. The van der Waals surface area contributed by atoms with Gasteiger partial charge in [-0.3, -0.25) is 0 Å². The van der Waals surface area contributed by atoms with Gasteiger partial charge in [-0.1, -0.05) is 46.3 Å². The van der Waals surface area contributed by atoms with E-state index in [1.165, 1.54) is 4.68 Å². The minimum absolute atomic E-state index is 0.0186. The molecule has 7 heteroatoms. The minimum Gasteiger partial charge on any atom is -0.228 e. The number of hydrogen-bond donors (Lipinski definition) is 0. The molecule has 2 aromatic heterocycles. The van der Waals surface area contributed by atoms with E-state index in [4.69, 9.17) is 0 Å². The van der Waals surface area contributed by atoms with Crippen molar-refractivity contribution in [1.82, 2.24) is 14.8 Å². The summed E-state index contributed by atoms with van der Waals surface area (Å²) < 4.78 is 43.7. The molecule has 0 amide bonds. The Morgan fingerprint density at radius 1 is 0.963 bits per heavy atom. The number of benzene rings is 2. The molecule has 0 bridgehead atoms. The van der Waals surface area contributed by atoms with Gasteiger partial charge in [-0.15, -0.1) is 0 Å². The lowest BCUT2D eigenvalue weighted by Gasteiger charge is -2.12. The normalized spacial score (nSPS) is 11.9. The summed E-state index contributed by atoms with van der Waals surface area (Å²) in [5.41, 5.74) is 1.25. The van der Waals surface area contributed by atoms with Gasteiger partial charge in [0.2, 0.25) is 0 Å². The Morgan fingerprint density at radius 3 is 2.26 bits per heavy atom. The van der Waals surface area contributed by atoms with Crippen molar-refractivity contribution in [2.45, 2.75) is 13.1 Å². The molecule has 0 atom stereocenters. The van der Waals surface area contributed by atoms with Crippen LogP contribution in [0.3, 0.4) is 0 Å². The molecule has 3 nitrogen and oxygen atoms in total. The van der Waals surface area contributed by atoms with Crippen molar-refractivity contribution in [2.75, 3.05) is 0 Å². The fraction of sp³-hybridized carbons (Fsp3) is 0.100. The molecule has 0 N–H and O–H groups in total. The van der Waals surface area contributed by atoms with E-state index in [-0.39, 0.29) is 22.4 Å². The van der Waals surface area contributed by atoms with Crippen molar-refractivity contribution in [3.8, 4) is 16.9 Å². The Kier molecular flexibility index (Phi) is 4.26. The van der Waals surface area contributed by atoms with Crippen molar-refractivity contribution in [1.29, 1.82) is 0 Å². The highest BCUT2D eigenvalue weighted by atomic mass is 79.9. The first-order valence-electron chi connectivity index (χ1n) is 8.13. The van der Waals surface area contributed by atoms with Gasteiger partial charge in [0.15, 0.2) is 5.65 Å². The average Bonchev–Trinajstić information content (AvgIpc) is 2.98. The van der Waals surface area contributed by atoms with Crippen LogP contribution in [0.2, 0.25) is 0 Å². The number of aryl methyl sites for hydroxylation is 1.